The fraction of sp³-hybridized carbons (Fsp3) is 0.611. The highest BCUT2D eigenvalue weighted by Gasteiger charge is 2.25. The maximum Gasteiger partial charge on any atom is 0.260 e. The molecular formula is C18H28N2O2. The Bertz CT molecular complexity index is 508. The van der Waals surface area contributed by atoms with Crippen LogP contribution in [0.25, 0.3) is 0 Å². The Kier molecular flexibility index (Phi) is 5.83. The molecule has 1 saturated heterocycles. The van der Waals surface area contributed by atoms with E-state index in [9.17, 15) is 4.79 Å². The van der Waals surface area contributed by atoms with Crippen molar-refractivity contribution in [2.75, 3.05) is 26.2 Å². The lowest BCUT2D eigenvalue weighted by Gasteiger charge is -2.27. The highest BCUT2D eigenvalue weighted by atomic mass is 16.5. The molecule has 2 rings (SSSR count). The zero-order chi connectivity index (χ0) is 16.1. The van der Waals surface area contributed by atoms with E-state index in [2.05, 4.69) is 31.3 Å². The van der Waals surface area contributed by atoms with Gasteiger partial charge in [0.05, 0.1) is 0 Å². The van der Waals surface area contributed by atoms with E-state index in [-0.39, 0.29) is 12.5 Å². The van der Waals surface area contributed by atoms with Gasteiger partial charge in [-0.25, -0.2) is 0 Å². The number of amides is 1. The Morgan fingerprint density at radius 2 is 2.23 bits per heavy atom. The molecule has 4 heteroatoms. The van der Waals surface area contributed by atoms with Gasteiger partial charge in [-0.15, -0.1) is 0 Å². The molecule has 1 N–H and O–H groups in total. The molecule has 0 saturated carbocycles. The Morgan fingerprint density at radius 3 is 2.82 bits per heavy atom. The maximum absolute atomic E-state index is 12.5. The molecule has 0 radical (unpaired) electrons. The average molecular weight is 304 g/mol. The van der Waals surface area contributed by atoms with E-state index in [0.717, 1.165) is 42.9 Å². The van der Waals surface area contributed by atoms with Gasteiger partial charge in [-0.2, -0.15) is 0 Å². The van der Waals surface area contributed by atoms with Crippen LogP contribution in [0.4, 0.5) is 0 Å². The standard InChI is InChI=1S/C18H28N2O2/c1-5-20(15-8-9-19-11-15)18(21)12-22-17-10-14(4)6-7-16(17)13(2)3/h6-7,10,13,15,19H,5,8-9,11-12H2,1-4H3. The first kappa shape index (κ1) is 16.8. The van der Waals surface area contributed by atoms with Gasteiger partial charge in [-0.1, -0.05) is 26.0 Å². The molecule has 22 heavy (non-hydrogen) atoms. The van der Waals surface area contributed by atoms with Crippen molar-refractivity contribution >= 4 is 5.91 Å². The maximum atomic E-state index is 12.5. The van der Waals surface area contributed by atoms with Gasteiger partial charge in [0.2, 0.25) is 0 Å². The summed E-state index contributed by atoms with van der Waals surface area (Å²) in [4.78, 5) is 14.4. The van der Waals surface area contributed by atoms with E-state index in [4.69, 9.17) is 4.74 Å². The summed E-state index contributed by atoms with van der Waals surface area (Å²) >= 11 is 0. The highest BCUT2D eigenvalue weighted by molar-refractivity contribution is 5.78. The Hall–Kier alpha value is -1.55. The number of rotatable bonds is 6. The largest absolute Gasteiger partial charge is 0.483 e. The van der Waals surface area contributed by atoms with Gasteiger partial charge < -0.3 is 15.0 Å². The molecule has 1 atom stereocenters. The molecular weight excluding hydrogens is 276 g/mol. The highest BCUT2D eigenvalue weighted by Crippen LogP contribution is 2.27. The Labute approximate surface area is 133 Å². The Balaban J connectivity index is 2.02. The number of carbonyl (C=O) groups is 1. The number of hydrogen-bond acceptors (Lipinski definition) is 3. The summed E-state index contributed by atoms with van der Waals surface area (Å²) in [6.07, 6.45) is 1.03. The second-order valence-corrected chi connectivity index (χ2v) is 6.31. The van der Waals surface area contributed by atoms with Gasteiger partial charge in [0, 0.05) is 19.1 Å². The molecule has 1 amide bonds. The SMILES string of the molecule is CCN(C(=O)COc1cc(C)ccc1C(C)C)C1CCNC1. The first-order valence-electron chi connectivity index (χ1n) is 8.26. The molecule has 1 aliphatic heterocycles. The molecule has 1 aliphatic rings. The summed E-state index contributed by atoms with van der Waals surface area (Å²) in [6, 6.07) is 6.52. The van der Waals surface area contributed by atoms with Gasteiger partial charge in [0.15, 0.2) is 6.61 Å². The van der Waals surface area contributed by atoms with Crippen molar-refractivity contribution in [1.82, 2.24) is 10.2 Å². The third kappa shape index (κ3) is 4.01. The number of carbonyl (C=O) groups excluding carboxylic acids is 1. The minimum atomic E-state index is 0.0763. The molecule has 122 valence electrons. The fourth-order valence-electron chi connectivity index (χ4n) is 3.01. The lowest BCUT2D eigenvalue weighted by molar-refractivity contribution is -0.135. The molecule has 1 aromatic carbocycles. The number of likely N-dealkylation sites (N-methyl/N-ethyl adjacent to an activating group) is 1. The van der Waals surface area contributed by atoms with Crippen molar-refractivity contribution in [3.05, 3.63) is 29.3 Å². The smallest absolute Gasteiger partial charge is 0.260 e. The molecule has 1 fully saturated rings. The summed E-state index contributed by atoms with van der Waals surface area (Å²) < 4.78 is 5.87. The van der Waals surface area contributed by atoms with Gasteiger partial charge in [-0.05, 0) is 49.9 Å². The second kappa shape index (κ2) is 7.63. The number of nitrogens with zero attached hydrogens (tertiary/aromatic N) is 1. The molecule has 0 aliphatic carbocycles. The Morgan fingerprint density at radius 1 is 1.45 bits per heavy atom. The predicted octanol–water partition coefficient (Wildman–Crippen LogP) is 2.71. The lowest BCUT2D eigenvalue weighted by atomic mass is 10.0. The van der Waals surface area contributed by atoms with Gasteiger partial charge in [0.1, 0.15) is 5.75 Å². The van der Waals surface area contributed by atoms with Crippen LogP contribution >= 0.6 is 0 Å². The van der Waals surface area contributed by atoms with Crippen LogP contribution in [-0.2, 0) is 4.79 Å². The molecule has 1 heterocycles. The van der Waals surface area contributed by atoms with Crippen molar-refractivity contribution in [2.24, 2.45) is 0 Å². The van der Waals surface area contributed by atoms with Crippen LogP contribution < -0.4 is 10.1 Å². The van der Waals surface area contributed by atoms with Crippen LogP contribution in [0.2, 0.25) is 0 Å². The second-order valence-electron chi connectivity index (χ2n) is 6.31. The van der Waals surface area contributed by atoms with Crippen molar-refractivity contribution in [1.29, 1.82) is 0 Å². The van der Waals surface area contributed by atoms with E-state index in [1.54, 1.807) is 0 Å². The third-order valence-corrected chi connectivity index (χ3v) is 4.28. The third-order valence-electron chi connectivity index (χ3n) is 4.28. The lowest BCUT2D eigenvalue weighted by Crippen LogP contribution is -2.43. The minimum absolute atomic E-state index is 0.0763. The molecule has 0 spiro atoms. The van der Waals surface area contributed by atoms with Gasteiger partial charge >= 0.3 is 0 Å². The van der Waals surface area contributed by atoms with Crippen LogP contribution in [-0.4, -0.2) is 43.1 Å². The summed E-state index contributed by atoms with van der Waals surface area (Å²) in [5.74, 6) is 1.29. The number of ether oxygens (including phenoxy) is 1. The van der Waals surface area contributed by atoms with E-state index in [1.807, 2.05) is 24.8 Å². The van der Waals surface area contributed by atoms with Crippen molar-refractivity contribution in [3.63, 3.8) is 0 Å². The van der Waals surface area contributed by atoms with Crippen molar-refractivity contribution in [3.8, 4) is 5.75 Å². The van der Waals surface area contributed by atoms with Gasteiger partial charge in [-0.3, -0.25) is 4.79 Å². The van der Waals surface area contributed by atoms with E-state index < -0.39 is 0 Å². The normalized spacial score (nSPS) is 17.8. The molecule has 0 aromatic heterocycles. The van der Waals surface area contributed by atoms with E-state index >= 15 is 0 Å². The van der Waals surface area contributed by atoms with Crippen LogP contribution in [0, 0.1) is 6.92 Å². The van der Waals surface area contributed by atoms with Gasteiger partial charge in [0.25, 0.3) is 5.91 Å². The zero-order valence-electron chi connectivity index (χ0n) is 14.2. The number of aryl methyl sites for hydroxylation is 1. The van der Waals surface area contributed by atoms with Crippen LogP contribution in [0.5, 0.6) is 5.75 Å². The minimum Gasteiger partial charge on any atom is -0.483 e. The zero-order valence-corrected chi connectivity index (χ0v) is 14.2. The molecule has 1 unspecified atom stereocenters. The number of hydrogen-bond donors (Lipinski definition) is 1. The number of nitrogens with one attached hydrogen (secondary N) is 1. The first-order chi connectivity index (χ1) is 10.5. The molecule has 1 aromatic rings. The van der Waals surface area contributed by atoms with E-state index in [1.165, 1.54) is 0 Å². The number of benzene rings is 1. The summed E-state index contributed by atoms with van der Waals surface area (Å²) in [5.41, 5.74) is 2.31. The predicted molar refractivity (Wildman–Crippen MR) is 89.4 cm³/mol. The molecule has 0 bridgehead atoms. The summed E-state index contributed by atoms with van der Waals surface area (Å²) in [5, 5.41) is 3.31. The fourth-order valence-corrected chi connectivity index (χ4v) is 3.01. The average Bonchev–Trinajstić information content (AvgIpc) is 2.99. The van der Waals surface area contributed by atoms with E-state index in [0.29, 0.717) is 12.0 Å². The van der Waals surface area contributed by atoms with Crippen LogP contribution in [0.1, 0.15) is 44.2 Å². The monoisotopic (exact) mass is 304 g/mol. The van der Waals surface area contributed by atoms with Crippen LogP contribution in [0.3, 0.4) is 0 Å². The summed E-state index contributed by atoms with van der Waals surface area (Å²) in [6.45, 7) is 11.1. The summed E-state index contributed by atoms with van der Waals surface area (Å²) in [7, 11) is 0. The topological polar surface area (TPSA) is 41.6 Å². The van der Waals surface area contributed by atoms with Crippen LogP contribution in [0.15, 0.2) is 18.2 Å². The quantitative estimate of drug-likeness (QED) is 0.878. The first-order valence-corrected chi connectivity index (χ1v) is 8.26. The van der Waals surface area contributed by atoms with Crippen molar-refractivity contribution in [2.45, 2.75) is 46.1 Å². The molecule has 4 nitrogen and oxygen atoms in total. The van der Waals surface area contributed by atoms with Crippen molar-refractivity contribution < 1.29 is 9.53 Å².